The summed E-state index contributed by atoms with van der Waals surface area (Å²) in [6.45, 7) is 1.90. The van der Waals surface area contributed by atoms with E-state index in [1.54, 1.807) is 33.5 Å². The molecule has 5 rings (SSSR count). The van der Waals surface area contributed by atoms with Gasteiger partial charge in [0.25, 0.3) is 0 Å². The van der Waals surface area contributed by atoms with Crippen LogP contribution in [0, 0.1) is 6.92 Å². The molecule has 150 valence electrons. The lowest BCUT2D eigenvalue weighted by atomic mass is 9.85. The van der Waals surface area contributed by atoms with Crippen molar-refractivity contribution < 1.29 is 14.3 Å². The second-order valence-corrected chi connectivity index (χ2v) is 7.00. The van der Waals surface area contributed by atoms with Crippen molar-refractivity contribution in [2.45, 2.75) is 19.3 Å². The summed E-state index contributed by atoms with van der Waals surface area (Å²) in [5, 5.41) is 19.8. The molecule has 10 nitrogen and oxygen atoms in total. The van der Waals surface area contributed by atoms with Crippen LogP contribution >= 0.6 is 0 Å². The first-order chi connectivity index (χ1) is 14.5. The Morgan fingerprint density at radius 2 is 1.97 bits per heavy atom. The molecule has 1 aliphatic heterocycles. The maximum atomic E-state index is 12.5. The van der Waals surface area contributed by atoms with Gasteiger partial charge in [0.2, 0.25) is 5.91 Å². The molecule has 0 saturated heterocycles. The number of ether oxygens (including phenoxy) is 1. The molecule has 1 atom stereocenters. The predicted molar refractivity (Wildman–Crippen MR) is 106 cm³/mol. The van der Waals surface area contributed by atoms with Crippen LogP contribution in [0.15, 0.2) is 42.7 Å². The second-order valence-electron chi connectivity index (χ2n) is 7.00. The maximum absolute atomic E-state index is 12.5. The Balaban J connectivity index is 1.60. The Morgan fingerprint density at radius 1 is 1.17 bits per heavy atom. The fourth-order valence-corrected chi connectivity index (χ4v) is 3.80. The Bertz CT molecular complexity index is 1290. The van der Waals surface area contributed by atoms with Gasteiger partial charge in [0.05, 0.1) is 18.4 Å². The van der Waals surface area contributed by atoms with Gasteiger partial charge in [0.1, 0.15) is 12.1 Å². The Kier molecular flexibility index (Phi) is 4.05. The number of methoxy groups -OCH3 is 1. The summed E-state index contributed by atoms with van der Waals surface area (Å²) in [6.07, 6.45) is 1.79. The minimum Gasteiger partial charge on any atom is -0.465 e. The first kappa shape index (κ1) is 18.0. The number of nitrogens with one attached hydrogen (secondary N) is 1. The van der Waals surface area contributed by atoms with Gasteiger partial charge in [-0.3, -0.25) is 4.79 Å². The number of fused-ring (bicyclic) bond motifs is 2. The van der Waals surface area contributed by atoms with Crippen molar-refractivity contribution in [2.75, 3.05) is 12.4 Å². The van der Waals surface area contributed by atoms with E-state index in [1.165, 1.54) is 13.4 Å². The van der Waals surface area contributed by atoms with E-state index in [0.717, 1.165) is 16.8 Å². The largest absolute Gasteiger partial charge is 0.465 e. The quantitative estimate of drug-likeness (QED) is 0.519. The zero-order valence-electron chi connectivity index (χ0n) is 16.2. The standard InChI is InChI=1S/C20H17N7O3/c1-11-18-14(12-3-5-13(6-4-12)20(29)30-2)9-17(28)22-19(18)27(24-11)16-8-7-15-23-21-10-26(15)25-16/h3-8,10,14H,9H2,1-2H3,(H,22,28)/t14-/m0/s1. The highest BCUT2D eigenvalue weighted by atomic mass is 16.5. The molecule has 1 N–H and O–H groups in total. The van der Waals surface area contributed by atoms with E-state index in [-0.39, 0.29) is 18.2 Å². The zero-order valence-corrected chi connectivity index (χ0v) is 16.2. The molecule has 0 fully saturated rings. The third-order valence-electron chi connectivity index (χ3n) is 5.20. The van der Waals surface area contributed by atoms with Crippen LogP contribution in [0.25, 0.3) is 11.5 Å². The van der Waals surface area contributed by atoms with Crippen molar-refractivity contribution in [3.63, 3.8) is 0 Å². The minimum atomic E-state index is -0.400. The van der Waals surface area contributed by atoms with E-state index in [2.05, 4.69) is 25.7 Å². The van der Waals surface area contributed by atoms with Gasteiger partial charge in [-0.25, -0.2) is 4.79 Å². The van der Waals surface area contributed by atoms with Crippen LogP contribution in [0.4, 0.5) is 5.82 Å². The van der Waals surface area contributed by atoms with Crippen LogP contribution in [0.5, 0.6) is 0 Å². The van der Waals surface area contributed by atoms with Gasteiger partial charge in [0.15, 0.2) is 11.5 Å². The summed E-state index contributed by atoms with van der Waals surface area (Å²) in [5.41, 5.74) is 3.71. The highest BCUT2D eigenvalue weighted by molar-refractivity contribution is 5.95. The zero-order chi connectivity index (χ0) is 20.8. The molecule has 0 unspecified atom stereocenters. The van der Waals surface area contributed by atoms with Gasteiger partial charge in [0, 0.05) is 17.9 Å². The highest BCUT2D eigenvalue weighted by Gasteiger charge is 2.33. The third kappa shape index (κ3) is 2.81. The number of aryl methyl sites for hydroxylation is 1. The topological polar surface area (TPSA) is 116 Å². The number of amides is 1. The van der Waals surface area contributed by atoms with E-state index in [1.807, 2.05) is 19.1 Å². The summed E-state index contributed by atoms with van der Waals surface area (Å²) in [5.74, 6) is 0.423. The number of nitrogens with zero attached hydrogens (tertiary/aromatic N) is 6. The van der Waals surface area contributed by atoms with Crippen LogP contribution in [0.1, 0.15) is 39.5 Å². The number of esters is 1. The monoisotopic (exact) mass is 403 g/mol. The van der Waals surface area contributed by atoms with Crippen molar-refractivity contribution in [1.29, 1.82) is 0 Å². The van der Waals surface area contributed by atoms with Gasteiger partial charge in [-0.2, -0.15) is 14.3 Å². The van der Waals surface area contributed by atoms with Crippen molar-refractivity contribution in [3.05, 3.63) is 65.1 Å². The minimum absolute atomic E-state index is 0.115. The van der Waals surface area contributed by atoms with Crippen LogP contribution in [-0.4, -0.2) is 48.6 Å². The van der Waals surface area contributed by atoms with Crippen molar-refractivity contribution in [1.82, 2.24) is 29.6 Å². The molecule has 0 aliphatic carbocycles. The van der Waals surface area contributed by atoms with Gasteiger partial charge in [-0.15, -0.1) is 15.3 Å². The lowest BCUT2D eigenvalue weighted by molar-refractivity contribution is -0.116. The van der Waals surface area contributed by atoms with Gasteiger partial charge >= 0.3 is 5.97 Å². The first-order valence-corrected chi connectivity index (χ1v) is 9.30. The van der Waals surface area contributed by atoms with Gasteiger partial charge in [-0.1, -0.05) is 12.1 Å². The van der Waals surface area contributed by atoms with Crippen molar-refractivity contribution >= 4 is 23.3 Å². The summed E-state index contributed by atoms with van der Waals surface area (Å²) in [6, 6.07) is 10.7. The lowest BCUT2D eigenvalue weighted by Crippen LogP contribution is -2.25. The van der Waals surface area contributed by atoms with E-state index in [4.69, 9.17) is 4.74 Å². The molecule has 0 bridgehead atoms. The molecule has 30 heavy (non-hydrogen) atoms. The van der Waals surface area contributed by atoms with Gasteiger partial charge < -0.3 is 10.1 Å². The molecule has 1 aliphatic rings. The van der Waals surface area contributed by atoms with E-state index in [0.29, 0.717) is 22.8 Å². The number of hydrogen-bond acceptors (Lipinski definition) is 7. The second kappa shape index (κ2) is 6.76. The van der Waals surface area contributed by atoms with Crippen LogP contribution in [0.2, 0.25) is 0 Å². The van der Waals surface area contributed by atoms with Crippen LogP contribution in [-0.2, 0) is 9.53 Å². The first-order valence-electron chi connectivity index (χ1n) is 9.30. The Hall–Kier alpha value is -4.08. The number of aromatic nitrogens is 6. The lowest BCUT2D eigenvalue weighted by Gasteiger charge is -2.24. The van der Waals surface area contributed by atoms with Crippen LogP contribution in [0.3, 0.4) is 0 Å². The normalized spacial score (nSPS) is 15.7. The smallest absolute Gasteiger partial charge is 0.337 e. The van der Waals surface area contributed by atoms with Crippen molar-refractivity contribution in [3.8, 4) is 5.82 Å². The molecule has 0 radical (unpaired) electrons. The molecular weight excluding hydrogens is 386 g/mol. The average Bonchev–Trinajstić information content (AvgIpc) is 3.36. The summed E-state index contributed by atoms with van der Waals surface area (Å²) < 4.78 is 7.93. The average molecular weight is 403 g/mol. The fraction of sp³-hybridized carbons (Fsp3) is 0.200. The SMILES string of the molecule is COC(=O)c1ccc([C@@H]2CC(=O)Nc3c2c(C)nn3-c2ccc3nncn3n2)cc1. The molecule has 4 aromatic rings. The number of anilines is 1. The Labute approximate surface area is 170 Å². The van der Waals surface area contributed by atoms with E-state index < -0.39 is 5.97 Å². The maximum Gasteiger partial charge on any atom is 0.337 e. The number of benzene rings is 1. The molecule has 0 spiro atoms. The van der Waals surface area contributed by atoms with E-state index in [9.17, 15) is 9.59 Å². The van der Waals surface area contributed by atoms with Crippen molar-refractivity contribution in [2.24, 2.45) is 0 Å². The van der Waals surface area contributed by atoms with E-state index >= 15 is 0 Å². The summed E-state index contributed by atoms with van der Waals surface area (Å²) >= 11 is 0. The summed E-state index contributed by atoms with van der Waals surface area (Å²) in [4.78, 5) is 24.2. The molecule has 1 aromatic carbocycles. The van der Waals surface area contributed by atoms with Gasteiger partial charge in [-0.05, 0) is 36.8 Å². The fourth-order valence-electron chi connectivity index (χ4n) is 3.80. The molecule has 10 heteroatoms. The highest BCUT2D eigenvalue weighted by Crippen LogP contribution is 2.40. The molecule has 1 amide bonds. The summed E-state index contributed by atoms with van der Waals surface area (Å²) in [7, 11) is 1.34. The number of hydrogen-bond donors (Lipinski definition) is 1. The molecule has 3 aromatic heterocycles. The molecular formula is C20H17N7O3. The predicted octanol–water partition coefficient (Wildman–Crippen LogP) is 1.88. The molecule has 0 saturated carbocycles. The third-order valence-corrected chi connectivity index (χ3v) is 5.20. The number of rotatable bonds is 3. The van der Waals surface area contributed by atoms with Crippen LogP contribution < -0.4 is 5.32 Å². The number of carbonyl (C=O) groups is 2. The number of carbonyl (C=O) groups excluding carboxylic acids is 2. The molecule has 4 heterocycles. The Morgan fingerprint density at radius 3 is 2.73 bits per heavy atom.